The number of hydrogen-bond donors (Lipinski definition) is 3. The van der Waals surface area contributed by atoms with Crippen LogP contribution < -0.4 is 11.3 Å². The lowest BCUT2D eigenvalue weighted by atomic mass is 10.1. The van der Waals surface area contributed by atoms with Crippen LogP contribution in [-0.2, 0) is 6.42 Å². The van der Waals surface area contributed by atoms with Gasteiger partial charge in [-0.3, -0.25) is 4.79 Å². The van der Waals surface area contributed by atoms with E-state index in [1.807, 2.05) is 18.2 Å². The highest BCUT2D eigenvalue weighted by atomic mass is 32.1. The molecular formula is C15H13N3O3S. The summed E-state index contributed by atoms with van der Waals surface area (Å²) >= 11 is 1.02. The third-order valence-electron chi connectivity index (χ3n) is 3.37. The minimum Gasteiger partial charge on any atom is -0.477 e. The molecule has 2 aromatic heterocycles. The number of hydrogen-bond acceptors (Lipinski definition) is 5. The largest absolute Gasteiger partial charge is 0.477 e. The van der Waals surface area contributed by atoms with E-state index >= 15 is 0 Å². The van der Waals surface area contributed by atoms with E-state index in [9.17, 15) is 9.59 Å². The molecule has 0 saturated carbocycles. The number of nitrogen functional groups attached to an aromatic ring is 1. The first kappa shape index (κ1) is 14.3. The Balaban J connectivity index is 2.09. The van der Waals surface area contributed by atoms with Crippen molar-refractivity contribution in [1.82, 2.24) is 9.97 Å². The number of H-pyrrole nitrogens is 1. The first-order valence-electron chi connectivity index (χ1n) is 6.55. The van der Waals surface area contributed by atoms with Gasteiger partial charge in [0.05, 0.1) is 5.39 Å². The van der Waals surface area contributed by atoms with Crippen molar-refractivity contribution in [3.05, 3.63) is 56.4 Å². The van der Waals surface area contributed by atoms with E-state index in [-0.39, 0.29) is 10.4 Å². The van der Waals surface area contributed by atoms with Gasteiger partial charge >= 0.3 is 5.97 Å². The molecular weight excluding hydrogens is 302 g/mol. The summed E-state index contributed by atoms with van der Waals surface area (Å²) in [6.07, 6.45) is 0.426. The van der Waals surface area contributed by atoms with Crippen molar-refractivity contribution >= 4 is 33.2 Å². The van der Waals surface area contributed by atoms with Crippen LogP contribution in [0.2, 0.25) is 0 Å². The lowest BCUT2D eigenvalue weighted by Gasteiger charge is -2.02. The molecule has 0 radical (unpaired) electrons. The monoisotopic (exact) mass is 315 g/mol. The highest BCUT2D eigenvalue weighted by Crippen LogP contribution is 2.27. The molecule has 0 fully saturated rings. The molecule has 0 spiro atoms. The van der Waals surface area contributed by atoms with Crippen LogP contribution in [0.3, 0.4) is 0 Å². The maximum absolute atomic E-state index is 12.2. The van der Waals surface area contributed by atoms with Gasteiger partial charge in [0.1, 0.15) is 15.5 Å². The van der Waals surface area contributed by atoms with Gasteiger partial charge in [-0.2, -0.15) is 0 Å². The Morgan fingerprint density at radius 2 is 2.23 bits per heavy atom. The quantitative estimate of drug-likeness (QED) is 0.642. The summed E-state index contributed by atoms with van der Waals surface area (Å²) in [5.41, 5.74) is 7.44. The average molecular weight is 315 g/mol. The molecule has 0 aliphatic rings. The van der Waals surface area contributed by atoms with E-state index in [4.69, 9.17) is 10.8 Å². The molecule has 3 aromatic rings. The van der Waals surface area contributed by atoms with Gasteiger partial charge in [0.15, 0.2) is 0 Å². The summed E-state index contributed by atoms with van der Waals surface area (Å²) in [4.78, 5) is 31.1. The van der Waals surface area contributed by atoms with Crippen LogP contribution in [-0.4, -0.2) is 21.0 Å². The number of nitrogens with zero attached hydrogens (tertiary/aromatic N) is 1. The second-order valence-electron chi connectivity index (χ2n) is 4.98. The number of nitrogens with two attached hydrogens (primary N) is 1. The smallest absolute Gasteiger partial charge is 0.346 e. The lowest BCUT2D eigenvalue weighted by molar-refractivity contribution is 0.0701. The molecule has 7 heteroatoms. The maximum Gasteiger partial charge on any atom is 0.346 e. The van der Waals surface area contributed by atoms with Gasteiger partial charge in [-0.05, 0) is 30.2 Å². The summed E-state index contributed by atoms with van der Waals surface area (Å²) in [5.74, 6) is -0.557. The maximum atomic E-state index is 12.2. The minimum atomic E-state index is -1.04. The molecule has 0 unspecified atom stereocenters. The van der Waals surface area contributed by atoms with Crippen LogP contribution in [0.25, 0.3) is 10.2 Å². The molecule has 1 aromatic carbocycles. The van der Waals surface area contributed by atoms with Crippen LogP contribution in [0, 0.1) is 6.92 Å². The number of rotatable bonds is 3. The Labute approximate surface area is 129 Å². The summed E-state index contributed by atoms with van der Waals surface area (Å²) < 4.78 is 0. The molecule has 0 bridgehead atoms. The van der Waals surface area contributed by atoms with E-state index in [0.29, 0.717) is 33.7 Å². The van der Waals surface area contributed by atoms with Gasteiger partial charge in [-0.15, -0.1) is 11.3 Å². The van der Waals surface area contributed by atoms with E-state index in [1.54, 1.807) is 13.0 Å². The highest BCUT2D eigenvalue weighted by Gasteiger charge is 2.18. The number of aromatic nitrogens is 2. The number of carboxylic acids is 1. The molecule has 0 saturated heterocycles. The van der Waals surface area contributed by atoms with Crippen molar-refractivity contribution in [2.24, 2.45) is 0 Å². The van der Waals surface area contributed by atoms with Crippen LogP contribution in [0.5, 0.6) is 0 Å². The Bertz CT molecular complexity index is 943. The predicted molar refractivity (Wildman–Crippen MR) is 85.6 cm³/mol. The van der Waals surface area contributed by atoms with E-state index < -0.39 is 5.97 Å². The Morgan fingerprint density at radius 3 is 2.91 bits per heavy atom. The highest BCUT2D eigenvalue weighted by molar-refractivity contribution is 7.20. The van der Waals surface area contributed by atoms with Crippen molar-refractivity contribution in [1.29, 1.82) is 0 Å². The molecule has 3 rings (SSSR count). The van der Waals surface area contributed by atoms with Crippen molar-refractivity contribution < 1.29 is 9.90 Å². The van der Waals surface area contributed by atoms with Crippen molar-refractivity contribution in [3.8, 4) is 0 Å². The standard InChI is InChI=1S/C15H13N3O3S/c1-7-11-13(19)17-10(6-8-3-2-4-9(16)5-8)18-14(11)22-12(7)15(20)21/h2-5H,6,16H2,1H3,(H,20,21)(H,17,18,19). The number of anilines is 1. The SMILES string of the molecule is Cc1c(C(=O)O)sc2nc(Cc3cccc(N)c3)[nH]c(=O)c12. The van der Waals surface area contributed by atoms with E-state index in [0.717, 1.165) is 16.9 Å². The third-order valence-corrected chi connectivity index (χ3v) is 4.54. The van der Waals surface area contributed by atoms with Gasteiger partial charge in [0, 0.05) is 12.1 Å². The van der Waals surface area contributed by atoms with Crippen molar-refractivity contribution in [3.63, 3.8) is 0 Å². The normalized spacial score (nSPS) is 11.0. The van der Waals surface area contributed by atoms with Gasteiger partial charge in [-0.25, -0.2) is 9.78 Å². The van der Waals surface area contributed by atoms with Crippen LogP contribution in [0.1, 0.15) is 26.6 Å². The zero-order chi connectivity index (χ0) is 15.9. The lowest BCUT2D eigenvalue weighted by Crippen LogP contribution is -2.12. The van der Waals surface area contributed by atoms with Crippen LogP contribution in [0.4, 0.5) is 5.69 Å². The predicted octanol–water partition coefficient (Wildman–Crippen LogP) is 2.16. The second-order valence-corrected chi connectivity index (χ2v) is 5.97. The molecule has 4 N–H and O–H groups in total. The number of carbonyl (C=O) groups is 1. The van der Waals surface area contributed by atoms with Crippen LogP contribution >= 0.6 is 11.3 Å². The van der Waals surface area contributed by atoms with Gasteiger partial charge in [0.25, 0.3) is 5.56 Å². The first-order chi connectivity index (χ1) is 10.5. The van der Waals surface area contributed by atoms with Crippen molar-refractivity contribution in [2.45, 2.75) is 13.3 Å². The van der Waals surface area contributed by atoms with Crippen molar-refractivity contribution in [2.75, 3.05) is 5.73 Å². The zero-order valence-electron chi connectivity index (χ0n) is 11.7. The number of carboxylic acid groups (broad SMARTS) is 1. The van der Waals surface area contributed by atoms with Gasteiger partial charge in [0.2, 0.25) is 0 Å². The molecule has 0 atom stereocenters. The molecule has 6 nitrogen and oxygen atoms in total. The van der Waals surface area contributed by atoms with E-state index in [2.05, 4.69) is 9.97 Å². The van der Waals surface area contributed by atoms with Gasteiger partial charge in [-0.1, -0.05) is 12.1 Å². The summed E-state index contributed by atoms with van der Waals surface area (Å²) in [7, 11) is 0. The number of thiophene rings is 1. The Morgan fingerprint density at radius 1 is 1.45 bits per heavy atom. The fourth-order valence-corrected chi connectivity index (χ4v) is 3.41. The fourth-order valence-electron chi connectivity index (χ4n) is 2.37. The zero-order valence-corrected chi connectivity index (χ0v) is 12.5. The number of aryl methyl sites for hydroxylation is 1. The fraction of sp³-hybridized carbons (Fsp3) is 0.133. The molecule has 0 amide bonds. The first-order valence-corrected chi connectivity index (χ1v) is 7.37. The number of nitrogens with one attached hydrogen (secondary N) is 1. The molecule has 2 heterocycles. The third kappa shape index (κ3) is 2.46. The topological polar surface area (TPSA) is 109 Å². The Hall–Kier alpha value is -2.67. The van der Waals surface area contributed by atoms with E-state index in [1.165, 1.54) is 0 Å². The molecule has 112 valence electrons. The Kier molecular flexibility index (Phi) is 3.42. The minimum absolute atomic E-state index is 0.147. The summed E-state index contributed by atoms with van der Waals surface area (Å²) in [6.45, 7) is 1.62. The summed E-state index contributed by atoms with van der Waals surface area (Å²) in [5, 5.41) is 9.50. The molecule has 0 aliphatic carbocycles. The second kappa shape index (κ2) is 5.27. The number of aromatic amines is 1. The van der Waals surface area contributed by atoms with Crippen LogP contribution in [0.15, 0.2) is 29.1 Å². The average Bonchev–Trinajstić information content (AvgIpc) is 2.76. The number of benzene rings is 1. The molecule has 0 aliphatic heterocycles. The summed E-state index contributed by atoms with van der Waals surface area (Å²) in [6, 6.07) is 7.32. The number of aromatic carboxylic acids is 1. The van der Waals surface area contributed by atoms with Gasteiger partial charge < -0.3 is 15.8 Å². The number of fused-ring (bicyclic) bond motifs is 1. The molecule has 22 heavy (non-hydrogen) atoms.